The Labute approximate surface area is 163 Å². The van der Waals surface area contributed by atoms with Gasteiger partial charge in [-0.15, -0.1) is 0 Å². The maximum Gasteiger partial charge on any atom is 0.240 e. The van der Waals surface area contributed by atoms with Gasteiger partial charge in [0.05, 0.1) is 22.8 Å². The van der Waals surface area contributed by atoms with Crippen molar-refractivity contribution in [3.8, 4) is 5.69 Å². The number of nitrogens with zero attached hydrogens (tertiary/aromatic N) is 3. The van der Waals surface area contributed by atoms with E-state index in [9.17, 15) is 9.59 Å². The van der Waals surface area contributed by atoms with Crippen LogP contribution in [0.25, 0.3) is 5.69 Å². The lowest BCUT2D eigenvalue weighted by molar-refractivity contribution is -0.123. The van der Waals surface area contributed by atoms with E-state index in [0.29, 0.717) is 5.75 Å². The molecule has 6 nitrogen and oxygen atoms in total. The Morgan fingerprint density at radius 3 is 2.70 bits per heavy atom. The van der Waals surface area contributed by atoms with E-state index in [1.165, 1.54) is 18.2 Å². The minimum atomic E-state index is -0.0834. The van der Waals surface area contributed by atoms with Crippen molar-refractivity contribution in [3.63, 3.8) is 0 Å². The van der Waals surface area contributed by atoms with Gasteiger partial charge in [0, 0.05) is 6.04 Å². The minimum absolute atomic E-state index is 0.0398. The first-order chi connectivity index (χ1) is 13.1. The van der Waals surface area contributed by atoms with Crippen molar-refractivity contribution in [2.24, 2.45) is 0 Å². The average Bonchev–Trinajstić information content (AvgIpc) is 3.02. The predicted octanol–water partition coefficient (Wildman–Crippen LogP) is 3.07. The molecule has 1 saturated carbocycles. The number of hydrogen-bond donors (Lipinski definition) is 1. The first kappa shape index (κ1) is 18.1. The summed E-state index contributed by atoms with van der Waals surface area (Å²) in [6, 6.07) is 10.1. The first-order valence-corrected chi connectivity index (χ1v) is 10.5. The van der Waals surface area contributed by atoms with E-state index in [1.54, 1.807) is 4.90 Å². The smallest absolute Gasteiger partial charge is 0.240 e. The van der Waals surface area contributed by atoms with Crippen molar-refractivity contribution >= 4 is 29.3 Å². The number of carbonyl (C=O) groups excluding carboxylic acids is 2. The van der Waals surface area contributed by atoms with E-state index < -0.39 is 0 Å². The Kier molecular flexibility index (Phi) is 5.20. The maximum absolute atomic E-state index is 12.6. The highest BCUT2D eigenvalue weighted by Gasteiger charge is 2.33. The molecule has 0 radical (unpaired) electrons. The van der Waals surface area contributed by atoms with Gasteiger partial charge in [-0.25, -0.2) is 4.68 Å². The van der Waals surface area contributed by atoms with Crippen molar-refractivity contribution in [2.45, 2.75) is 50.1 Å². The number of anilines is 1. The summed E-state index contributed by atoms with van der Waals surface area (Å²) in [4.78, 5) is 26.8. The van der Waals surface area contributed by atoms with E-state index in [2.05, 4.69) is 10.4 Å². The largest absolute Gasteiger partial charge is 0.352 e. The molecule has 1 aliphatic heterocycles. The number of aromatic nitrogens is 2. The number of fused-ring (bicyclic) bond motifs is 1. The number of rotatable bonds is 4. The summed E-state index contributed by atoms with van der Waals surface area (Å²) in [5.41, 5.74) is 2.48. The zero-order valence-corrected chi connectivity index (χ0v) is 16.3. The van der Waals surface area contributed by atoms with Gasteiger partial charge in [0.15, 0.2) is 0 Å². The molecule has 4 rings (SSSR count). The molecule has 142 valence electrons. The van der Waals surface area contributed by atoms with Crippen molar-refractivity contribution in [1.82, 2.24) is 15.1 Å². The van der Waals surface area contributed by atoms with Gasteiger partial charge in [-0.05, 0) is 31.9 Å². The second-order valence-corrected chi connectivity index (χ2v) is 8.12. The number of aryl methyl sites for hydroxylation is 1. The molecule has 0 saturated heterocycles. The fourth-order valence-corrected chi connectivity index (χ4v) is 4.93. The van der Waals surface area contributed by atoms with Gasteiger partial charge < -0.3 is 5.32 Å². The molecule has 0 bridgehead atoms. The molecule has 2 aromatic rings. The van der Waals surface area contributed by atoms with E-state index in [-0.39, 0.29) is 24.4 Å². The summed E-state index contributed by atoms with van der Waals surface area (Å²) in [6.45, 7) is 1.95. The quantitative estimate of drug-likeness (QED) is 0.880. The number of nitrogens with one attached hydrogen (secondary N) is 1. The van der Waals surface area contributed by atoms with Crippen LogP contribution < -0.4 is 10.2 Å². The molecule has 2 heterocycles. The Morgan fingerprint density at radius 1 is 1.22 bits per heavy atom. The van der Waals surface area contributed by atoms with Crippen LogP contribution in [0.2, 0.25) is 0 Å². The number of benzene rings is 1. The minimum Gasteiger partial charge on any atom is -0.352 e. The molecule has 0 spiro atoms. The molecule has 2 aliphatic rings. The molecule has 7 heteroatoms. The van der Waals surface area contributed by atoms with Gasteiger partial charge in [0.2, 0.25) is 11.8 Å². The fourth-order valence-electron chi connectivity index (χ4n) is 3.85. The molecule has 1 N–H and O–H groups in total. The molecule has 27 heavy (non-hydrogen) atoms. The molecular weight excluding hydrogens is 360 g/mol. The third kappa shape index (κ3) is 3.74. The summed E-state index contributed by atoms with van der Waals surface area (Å²) in [7, 11) is 0. The Morgan fingerprint density at radius 2 is 1.96 bits per heavy atom. The van der Waals surface area contributed by atoms with Crippen molar-refractivity contribution < 1.29 is 9.59 Å². The predicted molar refractivity (Wildman–Crippen MR) is 106 cm³/mol. The van der Waals surface area contributed by atoms with Crippen LogP contribution in [0.4, 0.5) is 5.69 Å². The van der Waals surface area contributed by atoms with E-state index >= 15 is 0 Å². The third-order valence-corrected chi connectivity index (χ3v) is 6.19. The van der Waals surface area contributed by atoms with Gasteiger partial charge in [0.25, 0.3) is 0 Å². The fraction of sp³-hybridized carbons (Fsp3) is 0.450. The highest BCUT2D eigenvalue weighted by Crippen LogP contribution is 2.39. The van der Waals surface area contributed by atoms with Crippen molar-refractivity contribution in [3.05, 3.63) is 36.0 Å². The van der Waals surface area contributed by atoms with E-state index in [4.69, 9.17) is 0 Å². The Bertz CT molecular complexity index is 843. The zero-order valence-electron chi connectivity index (χ0n) is 15.5. The number of carbonyl (C=O) groups is 2. The van der Waals surface area contributed by atoms with Crippen molar-refractivity contribution in [1.29, 1.82) is 0 Å². The zero-order chi connectivity index (χ0) is 18.8. The van der Waals surface area contributed by atoms with Crippen LogP contribution in [-0.4, -0.2) is 39.9 Å². The summed E-state index contributed by atoms with van der Waals surface area (Å²) >= 11 is 1.48. The number of amides is 2. The lowest BCUT2D eigenvalue weighted by Crippen LogP contribution is -2.46. The normalized spacial score (nSPS) is 17.7. The Hall–Kier alpha value is -2.28. The standard InChI is InChI=1S/C20H24N4O2S/c1-14-19-20(24(22-14)16-10-6-3-7-11-16)27-13-18(26)23(19)12-17(25)21-15-8-4-2-5-9-15/h3,6-7,10-11,15H,2,4-5,8-9,12-13H2,1H3,(H,21,25). The molecular formula is C20H24N4O2S. The maximum atomic E-state index is 12.6. The number of thioether (sulfide) groups is 1. The van der Waals surface area contributed by atoms with Crippen LogP contribution in [0.15, 0.2) is 35.4 Å². The summed E-state index contributed by atoms with van der Waals surface area (Å²) in [5, 5.41) is 8.67. The van der Waals surface area contributed by atoms with Crippen LogP contribution >= 0.6 is 11.8 Å². The average molecular weight is 385 g/mol. The highest BCUT2D eigenvalue weighted by atomic mass is 32.2. The number of hydrogen-bond acceptors (Lipinski definition) is 4. The molecule has 1 aliphatic carbocycles. The highest BCUT2D eigenvalue weighted by molar-refractivity contribution is 8.00. The molecule has 0 atom stereocenters. The van der Waals surface area contributed by atoms with Gasteiger partial charge >= 0.3 is 0 Å². The monoisotopic (exact) mass is 384 g/mol. The summed E-state index contributed by atoms with van der Waals surface area (Å²) < 4.78 is 1.87. The van der Waals surface area contributed by atoms with Crippen LogP contribution in [-0.2, 0) is 9.59 Å². The van der Waals surface area contributed by atoms with Crippen LogP contribution in [0.1, 0.15) is 37.8 Å². The first-order valence-electron chi connectivity index (χ1n) is 9.51. The second-order valence-electron chi connectivity index (χ2n) is 7.16. The van der Waals surface area contributed by atoms with Gasteiger partial charge in [-0.2, -0.15) is 5.10 Å². The molecule has 1 aromatic carbocycles. The van der Waals surface area contributed by atoms with Gasteiger partial charge in [-0.1, -0.05) is 49.2 Å². The van der Waals surface area contributed by atoms with Crippen LogP contribution in [0, 0.1) is 6.92 Å². The topological polar surface area (TPSA) is 67.2 Å². The lowest BCUT2D eigenvalue weighted by Gasteiger charge is -2.28. The summed E-state index contributed by atoms with van der Waals surface area (Å²) in [6.07, 6.45) is 5.64. The van der Waals surface area contributed by atoms with Crippen LogP contribution in [0.3, 0.4) is 0 Å². The van der Waals surface area contributed by atoms with E-state index in [1.807, 2.05) is 41.9 Å². The third-order valence-electron chi connectivity index (χ3n) is 5.16. The molecule has 0 unspecified atom stereocenters. The van der Waals surface area contributed by atoms with Gasteiger partial charge in [-0.3, -0.25) is 14.5 Å². The summed E-state index contributed by atoms with van der Waals surface area (Å²) in [5.74, 6) is 0.198. The second kappa shape index (κ2) is 7.76. The molecule has 1 aromatic heterocycles. The van der Waals surface area contributed by atoms with Crippen LogP contribution in [0.5, 0.6) is 0 Å². The Balaban J connectivity index is 1.57. The van der Waals surface area contributed by atoms with E-state index in [0.717, 1.165) is 47.8 Å². The SMILES string of the molecule is Cc1nn(-c2ccccc2)c2c1N(CC(=O)NC1CCCCC1)C(=O)CS2. The number of para-hydroxylation sites is 1. The molecule has 2 amide bonds. The lowest BCUT2D eigenvalue weighted by atomic mass is 9.95. The van der Waals surface area contributed by atoms with Crippen molar-refractivity contribution in [2.75, 3.05) is 17.2 Å². The molecule has 1 fully saturated rings. The van der Waals surface area contributed by atoms with Gasteiger partial charge in [0.1, 0.15) is 11.6 Å².